The summed E-state index contributed by atoms with van der Waals surface area (Å²) >= 11 is 5.98. The molecule has 29 heavy (non-hydrogen) atoms. The van der Waals surface area contributed by atoms with E-state index in [0.29, 0.717) is 23.6 Å². The number of amides is 1. The number of carbonyl (C=O) groups is 1. The number of nitrogens with zero attached hydrogens (tertiary/aromatic N) is 1. The molecule has 0 saturated carbocycles. The average molecular weight is 441 g/mol. The fraction of sp³-hybridized carbons (Fsp3) is 0.350. The Balaban J connectivity index is 1.84. The fourth-order valence-electron chi connectivity index (χ4n) is 3.62. The van der Waals surface area contributed by atoms with E-state index in [9.17, 15) is 17.6 Å². The van der Waals surface area contributed by atoms with Crippen molar-refractivity contribution in [2.24, 2.45) is 11.1 Å². The smallest absolute Gasteiger partial charge is 0.243 e. The maximum atomic E-state index is 13.6. The predicted molar refractivity (Wildman–Crippen MR) is 108 cm³/mol. The summed E-state index contributed by atoms with van der Waals surface area (Å²) < 4.78 is 46.7. The Morgan fingerprint density at radius 3 is 2.69 bits per heavy atom. The predicted octanol–water partition coefficient (Wildman–Crippen LogP) is 3.20. The third-order valence-corrected chi connectivity index (χ3v) is 7.03. The summed E-state index contributed by atoms with van der Waals surface area (Å²) in [5.74, 6) is -0.646. The first kappa shape index (κ1) is 21.5. The minimum absolute atomic E-state index is 0.0251. The largest absolute Gasteiger partial charge is 0.493 e. The van der Waals surface area contributed by atoms with Gasteiger partial charge in [0, 0.05) is 29.9 Å². The molecule has 2 aromatic rings. The van der Waals surface area contributed by atoms with Gasteiger partial charge in [0.1, 0.15) is 11.6 Å². The van der Waals surface area contributed by atoms with Crippen LogP contribution in [0.5, 0.6) is 5.75 Å². The molecule has 1 amide bonds. The molecule has 0 spiro atoms. The van der Waals surface area contributed by atoms with Crippen LogP contribution in [0.2, 0.25) is 5.02 Å². The van der Waals surface area contributed by atoms with Gasteiger partial charge in [0.25, 0.3) is 0 Å². The highest BCUT2D eigenvalue weighted by Gasteiger charge is 2.42. The molecule has 2 aromatic carbocycles. The second kappa shape index (κ2) is 8.69. The Bertz CT molecular complexity index is 1000. The molecule has 0 bridgehead atoms. The number of rotatable bonds is 7. The maximum absolute atomic E-state index is 13.6. The summed E-state index contributed by atoms with van der Waals surface area (Å²) in [7, 11) is -3.92. The van der Waals surface area contributed by atoms with E-state index in [0.717, 1.165) is 6.07 Å². The second-order valence-corrected chi connectivity index (χ2v) is 9.66. The van der Waals surface area contributed by atoms with E-state index in [-0.39, 0.29) is 31.0 Å². The van der Waals surface area contributed by atoms with Crippen molar-refractivity contribution in [2.45, 2.75) is 24.2 Å². The molecule has 6 nitrogen and oxygen atoms in total. The number of ether oxygens (including phenoxy) is 1. The van der Waals surface area contributed by atoms with Crippen LogP contribution in [-0.4, -0.2) is 38.3 Å². The molecule has 9 heteroatoms. The van der Waals surface area contributed by atoms with Crippen LogP contribution in [0.25, 0.3) is 0 Å². The zero-order chi connectivity index (χ0) is 21.1. The van der Waals surface area contributed by atoms with E-state index < -0.39 is 27.2 Å². The minimum Gasteiger partial charge on any atom is -0.493 e. The number of halogens is 2. The van der Waals surface area contributed by atoms with Gasteiger partial charge in [-0.15, -0.1) is 0 Å². The average Bonchev–Trinajstić information content (AvgIpc) is 2.66. The van der Waals surface area contributed by atoms with Gasteiger partial charge in [-0.3, -0.25) is 4.79 Å². The SMILES string of the molecule is NC(=O)CC1(COc2cccc(Cl)c2)CCCN(S(=O)(=O)c2cccc(F)c2)C1. The van der Waals surface area contributed by atoms with Crippen molar-refractivity contribution in [1.29, 1.82) is 0 Å². The van der Waals surface area contributed by atoms with E-state index in [4.69, 9.17) is 22.1 Å². The lowest BCUT2D eigenvalue weighted by Gasteiger charge is -2.41. The zero-order valence-electron chi connectivity index (χ0n) is 15.7. The van der Waals surface area contributed by atoms with Crippen LogP contribution in [0.1, 0.15) is 19.3 Å². The summed E-state index contributed by atoms with van der Waals surface area (Å²) in [6.45, 7) is 0.428. The van der Waals surface area contributed by atoms with Crippen LogP contribution >= 0.6 is 11.6 Å². The molecule has 1 saturated heterocycles. The van der Waals surface area contributed by atoms with Crippen LogP contribution in [0, 0.1) is 11.2 Å². The van der Waals surface area contributed by atoms with Crippen molar-refractivity contribution in [3.63, 3.8) is 0 Å². The number of sulfonamides is 1. The van der Waals surface area contributed by atoms with Gasteiger partial charge in [-0.05, 0) is 49.2 Å². The molecule has 3 rings (SSSR count). The molecular weight excluding hydrogens is 419 g/mol. The first-order valence-corrected chi connectivity index (χ1v) is 10.9. The van der Waals surface area contributed by atoms with Crippen molar-refractivity contribution in [2.75, 3.05) is 19.7 Å². The van der Waals surface area contributed by atoms with E-state index in [1.165, 1.54) is 22.5 Å². The van der Waals surface area contributed by atoms with E-state index in [1.54, 1.807) is 24.3 Å². The molecule has 0 radical (unpaired) electrons. The van der Waals surface area contributed by atoms with Crippen molar-refractivity contribution >= 4 is 27.5 Å². The second-order valence-electron chi connectivity index (χ2n) is 7.29. The summed E-state index contributed by atoms with van der Waals surface area (Å²) in [6, 6.07) is 11.7. The van der Waals surface area contributed by atoms with Gasteiger partial charge >= 0.3 is 0 Å². The van der Waals surface area contributed by atoms with Gasteiger partial charge in [0.15, 0.2) is 0 Å². The molecule has 1 aliphatic rings. The number of primary amides is 1. The summed E-state index contributed by atoms with van der Waals surface area (Å²) in [5.41, 5.74) is 4.67. The molecule has 1 heterocycles. The normalized spacial score (nSPS) is 20.3. The van der Waals surface area contributed by atoms with Crippen molar-refractivity contribution in [1.82, 2.24) is 4.31 Å². The Labute approximate surface area is 174 Å². The third kappa shape index (κ3) is 5.26. The van der Waals surface area contributed by atoms with Gasteiger partial charge in [-0.1, -0.05) is 23.7 Å². The van der Waals surface area contributed by atoms with Crippen LogP contribution in [0.3, 0.4) is 0 Å². The standard InChI is InChI=1S/C20H22ClFN2O4S/c21-15-4-1-6-17(10-15)28-14-20(12-19(23)25)8-3-9-24(13-20)29(26,27)18-7-2-5-16(22)11-18/h1-2,4-7,10-11H,3,8-9,12-14H2,(H2,23,25). The van der Waals surface area contributed by atoms with E-state index in [2.05, 4.69) is 0 Å². The lowest BCUT2D eigenvalue weighted by atomic mass is 9.78. The maximum Gasteiger partial charge on any atom is 0.243 e. The number of piperidine rings is 1. The number of hydrogen-bond donors (Lipinski definition) is 1. The van der Waals surface area contributed by atoms with E-state index >= 15 is 0 Å². The lowest BCUT2D eigenvalue weighted by Crippen LogP contribution is -2.50. The Morgan fingerprint density at radius 1 is 1.24 bits per heavy atom. The number of carbonyl (C=O) groups excluding carboxylic acids is 1. The zero-order valence-corrected chi connectivity index (χ0v) is 17.3. The van der Waals surface area contributed by atoms with Gasteiger partial charge in [0.05, 0.1) is 11.5 Å². The fourth-order valence-corrected chi connectivity index (χ4v) is 5.42. The molecule has 1 fully saturated rings. The Morgan fingerprint density at radius 2 is 2.00 bits per heavy atom. The topological polar surface area (TPSA) is 89.7 Å². The quantitative estimate of drug-likeness (QED) is 0.715. The number of nitrogens with two attached hydrogens (primary N) is 1. The van der Waals surface area contributed by atoms with Gasteiger partial charge in [-0.25, -0.2) is 12.8 Å². The molecule has 1 atom stereocenters. The first-order chi connectivity index (χ1) is 13.7. The highest BCUT2D eigenvalue weighted by Crippen LogP contribution is 2.37. The van der Waals surface area contributed by atoms with Crippen LogP contribution in [0.4, 0.5) is 4.39 Å². The molecule has 1 aliphatic heterocycles. The van der Waals surface area contributed by atoms with Crippen LogP contribution < -0.4 is 10.5 Å². The summed E-state index contributed by atoms with van der Waals surface area (Å²) in [4.78, 5) is 11.6. The Kier molecular flexibility index (Phi) is 6.45. The first-order valence-electron chi connectivity index (χ1n) is 9.13. The highest BCUT2D eigenvalue weighted by molar-refractivity contribution is 7.89. The van der Waals surface area contributed by atoms with Gasteiger partial charge in [-0.2, -0.15) is 4.31 Å². The van der Waals surface area contributed by atoms with Crippen molar-refractivity contribution < 1.29 is 22.3 Å². The van der Waals surface area contributed by atoms with E-state index in [1.807, 2.05) is 0 Å². The minimum atomic E-state index is -3.92. The molecule has 156 valence electrons. The molecule has 0 aliphatic carbocycles. The summed E-state index contributed by atoms with van der Waals surface area (Å²) in [5, 5.41) is 0.505. The number of benzene rings is 2. The van der Waals surface area contributed by atoms with Crippen molar-refractivity contribution in [3.05, 3.63) is 59.4 Å². The van der Waals surface area contributed by atoms with Gasteiger partial charge < -0.3 is 10.5 Å². The molecular formula is C20H22ClFN2O4S. The lowest BCUT2D eigenvalue weighted by molar-refractivity contribution is -0.121. The summed E-state index contributed by atoms with van der Waals surface area (Å²) in [6.07, 6.45) is 1.08. The highest BCUT2D eigenvalue weighted by atomic mass is 35.5. The molecule has 1 unspecified atom stereocenters. The number of hydrogen-bond acceptors (Lipinski definition) is 4. The third-order valence-electron chi connectivity index (χ3n) is 4.95. The molecule has 0 aromatic heterocycles. The Hall–Kier alpha value is -2.16. The monoisotopic (exact) mass is 440 g/mol. The van der Waals surface area contributed by atoms with Gasteiger partial charge in [0.2, 0.25) is 15.9 Å². The molecule has 2 N–H and O–H groups in total. The van der Waals surface area contributed by atoms with Crippen molar-refractivity contribution in [3.8, 4) is 5.75 Å². The van der Waals surface area contributed by atoms with Crippen LogP contribution in [-0.2, 0) is 14.8 Å². The van der Waals surface area contributed by atoms with Crippen LogP contribution in [0.15, 0.2) is 53.4 Å².